The SMILES string of the molecule is O=S(=O)(ON=COc1ccccc1)C(F)(F)F. The molecule has 0 bridgehead atoms. The summed E-state index contributed by atoms with van der Waals surface area (Å²) in [5, 5.41) is 2.55. The van der Waals surface area contributed by atoms with E-state index < -0.39 is 15.6 Å². The Bertz CT molecular complexity index is 483. The van der Waals surface area contributed by atoms with E-state index in [-0.39, 0.29) is 5.75 Å². The molecule has 1 aromatic rings. The third-order valence-corrected chi connectivity index (χ3v) is 2.25. The van der Waals surface area contributed by atoms with Gasteiger partial charge in [-0.15, -0.1) is 0 Å². The van der Waals surface area contributed by atoms with Crippen molar-refractivity contribution in [2.24, 2.45) is 5.16 Å². The monoisotopic (exact) mass is 269 g/mol. The van der Waals surface area contributed by atoms with Crippen molar-refractivity contribution < 1.29 is 30.6 Å². The Hall–Kier alpha value is -1.77. The molecule has 0 N–H and O–H groups in total. The van der Waals surface area contributed by atoms with Crippen LogP contribution in [0.25, 0.3) is 0 Å². The maximum atomic E-state index is 11.8. The van der Waals surface area contributed by atoms with Crippen molar-refractivity contribution in [2.75, 3.05) is 0 Å². The minimum absolute atomic E-state index is 0.268. The van der Waals surface area contributed by atoms with E-state index in [0.717, 1.165) is 0 Å². The Morgan fingerprint density at radius 1 is 1.18 bits per heavy atom. The number of para-hydroxylation sites is 1. The van der Waals surface area contributed by atoms with Crippen LogP contribution in [0.1, 0.15) is 0 Å². The lowest BCUT2D eigenvalue weighted by atomic mass is 10.3. The molecule has 94 valence electrons. The first kappa shape index (κ1) is 13.3. The molecule has 0 aromatic heterocycles. The maximum absolute atomic E-state index is 11.8. The van der Waals surface area contributed by atoms with Gasteiger partial charge < -0.3 is 4.74 Å². The van der Waals surface area contributed by atoms with Crippen LogP contribution < -0.4 is 4.74 Å². The zero-order valence-electron chi connectivity index (χ0n) is 8.09. The quantitative estimate of drug-likeness (QED) is 0.362. The molecule has 0 aliphatic heterocycles. The second kappa shape index (κ2) is 5.04. The molecule has 0 aliphatic rings. The van der Waals surface area contributed by atoms with Gasteiger partial charge in [-0.3, -0.25) is 4.28 Å². The molecule has 5 nitrogen and oxygen atoms in total. The van der Waals surface area contributed by atoms with E-state index in [0.29, 0.717) is 6.40 Å². The molecular formula is C8H6F3NO4S. The van der Waals surface area contributed by atoms with Crippen molar-refractivity contribution in [3.8, 4) is 5.75 Å². The normalized spacial score (nSPS) is 12.6. The van der Waals surface area contributed by atoms with Crippen molar-refractivity contribution >= 4 is 16.5 Å². The van der Waals surface area contributed by atoms with Gasteiger partial charge in [-0.1, -0.05) is 18.2 Å². The molecular weight excluding hydrogens is 263 g/mol. The lowest BCUT2D eigenvalue weighted by Crippen LogP contribution is -2.23. The fraction of sp³-hybridized carbons (Fsp3) is 0.125. The van der Waals surface area contributed by atoms with E-state index in [9.17, 15) is 21.6 Å². The van der Waals surface area contributed by atoms with Gasteiger partial charge in [0, 0.05) is 0 Å². The van der Waals surface area contributed by atoms with Crippen LogP contribution in [0.3, 0.4) is 0 Å². The molecule has 0 aliphatic carbocycles. The summed E-state index contributed by atoms with van der Waals surface area (Å²) in [6.45, 7) is 0. The number of nitrogens with zero attached hydrogens (tertiary/aromatic N) is 1. The molecule has 9 heteroatoms. The van der Waals surface area contributed by atoms with Crippen molar-refractivity contribution in [3.63, 3.8) is 0 Å². The third kappa shape index (κ3) is 3.94. The van der Waals surface area contributed by atoms with E-state index in [1.54, 1.807) is 18.2 Å². The van der Waals surface area contributed by atoms with E-state index in [4.69, 9.17) is 0 Å². The highest BCUT2D eigenvalue weighted by Gasteiger charge is 2.48. The Morgan fingerprint density at radius 3 is 2.29 bits per heavy atom. The molecule has 0 unspecified atom stereocenters. The standard InChI is InChI=1S/C8H6F3NO4S/c9-8(10,11)17(13,14)16-12-6-15-7-4-2-1-3-5-7/h1-6H. The van der Waals surface area contributed by atoms with Gasteiger partial charge in [-0.25, -0.2) is 0 Å². The number of ether oxygens (including phenoxy) is 1. The Kier molecular flexibility index (Phi) is 3.94. The van der Waals surface area contributed by atoms with Gasteiger partial charge >= 0.3 is 15.6 Å². The van der Waals surface area contributed by atoms with Gasteiger partial charge in [0.05, 0.1) is 0 Å². The van der Waals surface area contributed by atoms with Crippen LogP contribution in [0.2, 0.25) is 0 Å². The summed E-state index contributed by atoms with van der Waals surface area (Å²) in [5.41, 5.74) is -5.52. The van der Waals surface area contributed by atoms with Crippen molar-refractivity contribution in [1.29, 1.82) is 0 Å². The Balaban J connectivity index is 2.53. The van der Waals surface area contributed by atoms with Crippen LogP contribution in [-0.4, -0.2) is 20.3 Å². The number of oxime groups is 1. The van der Waals surface area contributed by atoms with Gasteiger partial charge in [0.25, 0.3) is 0 Å². The van der Waals surface area contributed by atoms with Gasteiger partial charge in [0.15, 0.2) is 0 Å². The predicted molar refractivity (Wildman–Crippen MR) is 51.6 cm³/mol. The van der Waals surface area contributed by atoms with E-state index in [1.165, 1.54) is 12.1 Å². The summed E-state index contributed by atoms with van der Waals surface area (Å²) < 4.78 is 63.9. The summed E-state index contributed by atoms with van der Waals surface area (Å²) in [7, 11) is -5.73. The zero-order valence-corrected chi connectivity index (χ0v) is 8.90. The first-order chi connectivity index (χ1) is 7.83. The van der Waals surface area contributed by atoms with E-state index in [1.807, 2.05) is 0 Å². The van der Waals surface area contributed by atoms with Crippen LogP contribution in [0.5, 0.6) is 5.75 Å². The molecule has 0 atom stereocenters. The summed E-state index contributed by atoms with van der Waals surface area (Å²) >= 11 is 0. The maximum Gasteiger partial charge on any atom is 0.536 e. The first-order valence-corrected chi connectivity index (χ1v) is 5.47. The molecule has 0 fully saturated rings. The van der Waals surface area contributed by atoms with Crippen LogP contribution >= 0.6 is 0 Å². The molecule has 0 amide bonds. The van der Waals surface area contributed by atoms with Crippen molar-refractivity contribution in [3.05, 3.63) is 30.3 Å². The minimum Gasteiger partial charge on any atom is -0.442 e. The molecule has 0 saturated heterocycles. The average Bonchev–Trinajstić information content (AvgIpc) is 2.24. The van der Waals surface area contributed by atoms with E-state index in [2.05, 4.69) is 14.2 Å². The van der Waals surface area contributed by atoms with Crippen molar-refractivity contribution in [2.45, 2.75) is 5.51 Å². The number of hydrogen-bond acceptors (Lipinski definition) is 5. The van der Waals surface area contributed by atoms with Gasteiger partial charge in [0.2, 0.25) is 6.40 Å². The molecule has 17 heavy (non-hydrogen) atoms. The highest BCUT2D eigenvalue weighted by Crippen LogP contribution is 2.24. The van der Waals surface area contributed by atoms with Gasteiger partial charge in [0.1, 0.15) is 5.75 Å². The summed E-state index contributed by atoms with van der Waals surface area (Å²) in [6.07, 6.45) is 0.443. The second-order valence-electron chi connectivity index (χ2n) is 2.62. The van der Waals surface area contributed by atoms with Crippen LogP contribution in [-0.2, 0) is 14.4 Å². The lowest BCUT2D eigenvalue weighted by molar-refractivity contribution is -0.0541. The smallest absolute Gasteiger partial charge is 0.442 e. The Morgan fingerprint density at radius 2 is 1.76 bits per heavy atom. The third-order valence-electron chi connectivity index (χ3n) is 1.40. The summed E-state index contributed by atoms with van der Waals surface area (Å²) in [4.78, 5) is 0. The van der Waals surface area contributed by atoms with Gasteiger partial charge in [-0.2, -0.15) is 21.6 Å². The van der Waals surface area contributed by atoms with Crippen LogP contribution in [0.4, 0.5) is 13.2 Å². The molecule has 0 heterocycles. The first-order valence-electron chi connectivity index (χ1n) is 4.06. The largest absolute Gasteiger partial charge is 0.536 e. The number of benzene rings is 1. The highest BCUT2D eigenvalue weighted by molar-refractivity contribution is 7.87. The van der Waals surface area contributed by atoms with Gasteiger partial charge in [-0.05, 0) is 17.3 Å². The summed E-state index contributed by atoms with van der Waals surface area (Å²) in [5.74, 6) is 0.268. The lowest BCUT2D eigenvalue weighted by Gasteiger charge is -2.03. The fourth-order valence-corrected chi connectivity index (χ4v) is 0.931. The number of hydrogen-bond donors (Lipinski definition) is 0. The predicted octanol–water partition coefficient (Wildman–Crippen LogP) is 1.87. The van der Waals surface area contributed by atoms with Crippen molar-refractivity contribution in [1.82, 2.24) is 0 Å². The topological polar surface area (TPSA) is 65.0 Å². The molecule has 1 aromatic carbocycles. The van der Waals surface area contributed by atoms with Crippen LogP contribution in [0, 0.1) is 0 Å². The molecule has 0 radical (unpaired) electrons. The minimum atomic E-state index is -5.73. The van der Waals surface area contributed by atoms with Crippen LogP contribution in [0.15, 0.2) is 35.5 Å². The number of alkyl halides is 3. The molecule has 1 rings (SSSR count). The fourth-order valence-electron chi connectivity index (χ4n) is 0.698. The highest BCUT2D eigenvalue weighted by atomic mass is 32.2. The second-order valence-corrected chi connectivity index (χ2v) is 4.14. The summed E-state index contributed by atoms with van der Waals surface area (Å²) in [6, 6.07) is 7.89. The zero-order chi connectivity index (χ0) is 12.9. The number of halogens is 3. The number of rotatable bonds is 4. The average molecular weight is 269 g/mol. The molecule has 0 saturated carbocycles. The van der Waals surface area contributed by atoms with E-state index >= 15 is 0 Å². The Labute approximate surface area is 94.6 Å². The molecule has 0 spiro atoms.